The molecule has 1 aromatic rings. The lowest BCUT2D eigenvalue weighted by molar-refractivity contribution is 0.290. The van der Waals surface area contributed by atoms with Crippen LogP contribution in [-0.4, -0.2) is 17.5 Å². The molecule has 2 fully saturated rings. The van der Waals surface area contributed by atoms with Crippen molar-refractivity contribution in [1.82, 2.24) is 10.9 Å². The van der Waals surface area contributed by atoms with Crippen molar-refractivity contribution in [3.8, 4) is 0 Å². The average molecular weight is 265 g/mol. The molecule has 0 aromatic heterocycles. The summed E-state index contributed by atoms with van der Waals surface area (Å²) >= 11 is 6.62. The van der Waals surface area contributed by atoms with E-state index in [1.165, 1.54) is 17.5 Å². The van der Waals surface area contributed by atoms with Crippen LogP contribution in [0.5, 0.6) is 0 Å². The van der Waals surface area contributed by atoms with Crippen LogP contribution in [0.3, 0.4) is 0 Å². The second-order valence-corrected chi connectivity index (χ2v) is 6.42. The second-order valence-electron chi connectivity index (χ2n) is 5.86. The van der Waals surface area contributed by atoms with E-state index in [2.05, 4.69) is 49.0 Å². The standard InChI is InChI=1S/C15H21ClN2/c1-9-4-3-5-11(6-9)12-7-13(16)15-10(2)17-18-14(15)8-12/h3-6,10,12-15,17-18H,7-8H2,1-2H3. The van der Waals surface area contributed by atoms with E-state index in [0.29, 0.717) is 23.9 Å². The van der Waals surface area contributed by atoms with Crippen molar-refractivity contribution in [2.75, 3.05) is 0 Å². The summed E-state index contributed by atoms with van der Waals surface area (Å²) < 4.78 is 0. The van der Waals surface area contributed by atoms with E-state index in [4.69, 9.17) is 11.6 Å². The second kappa shape index (κ2) is 4.84. The number of alkyl halides is 1. The molecule has 1 aliphatic heterocycles. The minimum Gasteiger partial charge on any atom is -0.254 e. The molecule has 1 saturated heterocycles. The Labute approximate surface area is 114 Å². The van der Waals surface area contributed by atoms with E-state index in [-0.39, 0.29) is 5.38 Å². The van der Waals surface area contributed by atoms with Crippen LogP contribution in [0.1, 0.15) is 36.8 Å². The molecule has 1 aromatic carbocycles. The summed E-state index contributed by atoms with van der Waals surface area (Å²) in [6.07, 6.45) is 2.29. The molecular formula is C15H21ClN2. The molecule has 0 radical (unpaired) electrons. The summed E-state index contributed by atoms with van der Waals surface area (Å²) in [4.78, 5) is 0. The van der Waals surface area contributed by atoms with E-state index >= 15 is 0 Å². The van der Waals surface area contributed by atoms with Crippen molar-refractivity contribution in [3.63, 3.8) is 0 Å². The Bertz CT molecular complexity index is 434. The lowest BCUT2D eigenvalue weighted by Gasteiger charge is -2.36. The van der Waals surface area contributed by atoms with Gasteiger partial charge in [-0.05, 0) is 38.2 Å². The minimum atomic E-state index is 0.270. The lowest BCUT2D eigenvalue weighted by atomic mass is 9.74. The number of rotatable bonds is 1. The number of hydrogen-bond donors (Lipinski definition) is 2. The molecule has 0 amide bonds. The molecule has 0 spiro atoms. The zero-order valence-corrected chi connectivity index (χ0v) is 11.7. The fourth-order valence-corrected chi connectivity index (χ4v) is 4.20. The van der Waals surface area contributed by atoms with E-state index in [9.17, 15) is 0 Å². The molecule has 2 N–H and O–H groups in total. The first-order valence-electron chi connectivity index (χ1n) is 6.87. The van der Waals surface area contributed by atoms with Crippen LogP contribution in [0.15, 0.2) is 24.3 Å². The zero-order chi connectivity index (χ0) is 12.7. The fourth-order valence-electron chi connectivity index (χ4n) is 3.59. The summed E-state index contributed by atoms with van der Waals surface area (Å²) in [5.41, 5.74) is 9.54. The number of aryl methyl sites for hydroxylation is 1. The maximum Gasteiger partial charge on any atom is 0.0400 e. The first-order valence-corrected chi connectivity index (χ1v) is 7.30. The van der Waals surface area contributed by atoms with Gasteiger partial charge in [0.25, 0.3) is 0 Å². The molecule has 3 rings (SSSR count). The monoisotopic (exact) mass is 264 g/mol. The highest BCUT2D eigenvalue weighted by atomic mass is 35.5. The molecule has 5 unspecified atom stereocenters. The van der Waals surface area contributed by atoms with E-state index in [1.54, 1.807) is 0 Å². The topological polar surface area (TPSA) is 24.1 Å². The third kappa shape index (κ3) is 2.18. The number of hydrogen-bond acceptors (Lipinski definition) is 2. The van der Waals surface area contributed by atoms with Gasteiger partial charge in [0.1, 0.15) is 0 Å². The van der Waals surface area contributed by atoms with Crippen LogP contribution >= 0.6 is 11.6 Å². The third-order valence-corrected chi connectivity index (χ3v) is 4.99. The highest BCUT2D eigenvalue weighted by Gasteiger charge is 2.43. The maximum atomic E-state index is 6.62. The van der Waals surface area contributed by atoms with Crippen molar-refractivity contribution < 1.29 is 0 Å². The largest absolute Gasteiger partial charge is 0.254 e. The lowest BCUT2D eigenvalue weighted by Crippen LogP contribution is -2.40. The molecule has 2 nitrogen and oxygen atoms in total. The van der Waals surface area contributed by atoms with Gasteiger partial charge in [0.15, 0.2) is 0 Å². The van der Waals surface area contributed by atoms with E-state index in [0.717, 1.165) is 6.42 Å². The number of nitrogens with one attached hydrogen (secondary N) is 2. The number of hydrazine groups is 1. The van der Waals surface area contributed by atoms with Crippen molar-refractivity contribution in [2.24, 2.45) is 5.92 Å². The fraction of sp³-hybridized carbons (Fsp3) is 0.600. The quantitative estimate of drug-likeness (QED) is 0.762. The highest BCUT2D eigenvalue weighted by molar-refractivity contribution is 6.21. The molecular weight excluding hydrogens is 244 g/mol. The van der Waals surface area contributed by atoms with Gasteiger partial charge in [-0.2, -0.15) is 0 Å². The van der Waals surface area contributed by atoms with Crippen LogP contribution in [0.4, 0.5) is 0 Å². The van der Waals surface area contributed by atoms with Crippen LogP contribution in [0, 0.1) is 12.8 Å². The van der Waals surface area contributed by atoms with Gasteiger partial charge < -0.3 is 0 Å². The van der Waals surface area contributed by atoms with Crippen LogP contribution in [-0.2, 0) is 0 Å². The summed E-state index contributed by atoms with van der Waals surface area (Å²) in [5, 5.41) is 0.270. The molecule has 1 heterocycles. The summed E-state index contributed by atoms with van der Waals surface area (Å²) in [6.45, 7) is 4.38. The van der Waals surface area contributed by atoms with Gasteiger partial charge in [-0.1, -0.05) is 29.8 Å². The Morgan fingerprint density at radius 1 is 1.22 bits per heavy atom. The van der Waals surface area contributed by atoms with Gasteiger partial charge in [-0.3, -0.25) is 10.9 Å². The molecule has 98 valence electrons. The SMILES string of the molecule is Cc1cccc(C2CC(Cl)C3C(C)NNC3C2)c1. The van der Waals surface area contributed by atoms with E-state index < -0.39 is 0 Å². The first kappa shape index (κ1) is 12.5. The van der Waals surface area contributed by atoms with Crippen molar-refractivity contribution in [3.05, 3.63) is 35.4 Å². The molecule has 5 atom stereocenters. The molecule has 1 saturated carbocycles. The van der Waals surface area contributed by atoms with Gasteiger partial charge in [0.2, 0.25) is 0 Å². The van der Waals surface area contributed by atoms with Gasteiger partial charge in [-0.15, -0.1) is 11.6 Å². The summed E-state index contributed by atoms with van der Waals surface area (Å²) in [7, 11) is 0. The van der Waals surface area contributed by atoms with Crippen LogP contribution in [0.2, 0.25) is 0 Å². The first-order chi connectivity index (χ1) is 8.65. The van der Waals surface area contributed by atoms with Crippen molar-refractivity contribution in [2.45, 2.75) is 50.1 Å². The molecule has 0 bridgehead atoms. The van der Waals surface area contributed by atoms with Crippen molar-refractivity contribution in [1.29, 1.82) is 0 Å². The predicted molar refractivity (Wildman–Crippen MR) is 75.8 cm³/mol. The van der Waals surface area contributed by atoms with E-state index in [1.807, 2.05) is 0 Å². The van der Waals surface area contributed by atoms with Gasteiger partial charge in [0.05, 0.1) is 0 Å². The number of benzene rings is 1. The predicted octanol–water partition coefficient (Wildman–Crippen LogP) is 2.96. The Morgan fingerprint density at radius 2 is 2.06 bits per heavy atom. The average Bonchev–Trinajstić information content (AvgIpc) is 2.71. The molecule has 1 aliphatic carbocycles. The normalized spacial score (nSPS) is 39.6. The Hall–Kier alpha value is -0.570. The Balaban J connectivity index is 1.80. The smallest absolute Gasteiger partial charge is 0.0400 e. The number of halogens is 1. The molecule has 2 aliphatic rings. The Morgan fingerprint density at radius 3 is 2.83 bits per heavy atom. The van der Waals surface area contributed by atoms with Gasteiger partial charge >= 0.3 is 0 Å². The third-order valence-electron chi connectivity index (χ3n) is 4.52. The van der Waals surface area contributed by atoms with Gasteiger partial charge in [-0.25, -0.2) is 0 Å². The zero-order valence-electron chi connectivity index (χ0n) is 11.0. The summed E-state index contributed by atoms with van der Waals surface area (Å²) in [6, 6.07) is 9.86. The highest BCUT2D eigenvalue weighted by Crippen LogP contribution is 2.41. The Kier molecular flexibility index (Phi) is 3.35. The van der Waals surface area contributed by atoms with Crippen LogP contribution in [0.25, 0.3) is 0 Å². The number of fused-ring (bicyclic) bond motifs is 1. The van der Waals surface area contributed by atoms with Crippen molar-refractivity contribution >= 4 is 11.6 Å². The van der Waals surface area contributed by atoms with Gasteiger partial charge in [0, 0.05) is 23.4 Å². The summed E-state index contributed by atoms with van der Waals surface area (Å²) in [5.74, 6) is 1.15. The molecule has 18 heavy (non-hydrogen) atoms. The van der Waals surface area contributed by atoms with Crippen LogP contribution < -0.4 is 10.9 Å². The molecule has 3 heteroatoms. The maximum absolute atomic E-state index is 6.62. The minimum absolute atomic E-state index is 0.270.